The van der Waals surface area contributed by atoms with Crippen molar-refractivity contribution in [3.63, 3.8) is 0 Å². The summed E-state index contributed by atoms with van der Waals surface area (Å²) < 4.78 is 49.1. The van der Waals surface area contributed by atoms with Crippen LogP contribution < -0.4 is 21.3 Å². The molecule has 3 unspecified atom stereocenters. The van der Waals surface area contributed by atoms with Crippen molar-refractivity contribution in [3.8, 4) is 0 Å². The van der Waals surface area contributed by atoms with E-state index in [0.717, 1.165) is 39.3 Å². The fourth-order valence-corrected chi connectivity index (χ4v) is 7.51. The van der Waals surface area contributed by atoms with E-state index in [1.165, 1.54) is 0 Å². The SMILES string of the molecule is COS(CCCOCC(O)CNCCNCCN(CCNCCNCC(O)COCCCS(OC)(OC)OC)CC(O)COC(C)(C)C)(OC)OC. The lowest BCUT2D eigenvalue weighted by atomic mass is 10.2. The van der Waals surface area contributed by atoms with Gasteiger partial charge in [-0.25, -0.2) is 0 Å². The quantitative estimate of drug-likeness (QED) is 0.0422. The summed E-state index contributed by atoms with van der Waals surface area (Å²) in [7, 11) is 5.44. The first-order valence-electron chi connectivity index (χ1n) is 18.2. The number of nitrogens with one attached hydrogen (secondary N) is 4. The van der Waals surface area contributed by atoms with E-state index in [2.05, 4.69) is 26.2 Å². The molecule has 0 aromatic heterocycles. The molecule has 0 aliphatic carbocycles. The summed E-state index contributed by atoms with van der Waals surface area (Å²) in [6.07, 6.45) is -0.396. The Hall–Kier alpha value is 0.0200. The molecular weight excluding hydrogens is 723 g/mol. The Morgan fingerprint density at radius 1 is 0.538 bits per heavy atom. The van der Waals surface area contributed by atoms with Crippen molar-refractivity contribution in [2.45, 2.75) is 57.5 Å². The van der Waals surface area contributed by atoms with Crippen LogP contribution in [0.4, 0.5) is 0 Å². The number of aliphatic hydroxyl groups is 3. The summed E-state index contributed by atoms with van der Waals surface area (Å²) in [5.74, 6) is 1.19. The number of rotatable bonds is 38. The van der Waals surface area contributed by atoms with Crippen LogP contribution in [-0.2, 0) is 39.3 Å². The van der Waals surface area contributed by atoms with Gasteiger partial charge in [0.1, 0.15) is 0 Å². The molecule has 0 fully saturated rings. The van der Waals surface area contributed by atoms with Crippen molar-refractivity contribution < 1.29 is 54.6 Å². The largest absolute Gasteiger partial charge is 0.389 e. The van der Waals surface area contributed by atoms with Gasteiger partial charge in [-0.1, -0.05) is 0 Å². The molecule has 0 amide bonds. The summed E-state index contributed by atoms with van der Waals surface area (Å²) >= 11 is 0. The molecular formula is C33H77N5O12S2. The zero-order chi connectivity index (χ0) is 39.1. The Kier molecular flexibility index (Phi) is 32.2. The summed E-state index contributed by atoms with van der Waals surface area (Å²) in [6.45, 7) is 15.0. The Balaban J connectivity index is 4.23. The third-order valence-corrected chi connectivity index (χ3v) is 12.2. The maximum Gasteiger partial charge on any atom is 0.0900 e. The molecule has 0 heterocycles. The zero-order valence-corrected chi connectivity index (χ0v) is 35.3. The summed E-state index contributed by atoms with van der Waals surface area (Å²) in [5, 5.41) is 44.4. The van der Waals surface area contributed by atoms with Gasteiger partial charge in [-0.15, -0.1) is 0 Å². The minimum atomic E-state index is -1.98. The van der Waals surface area contributed by atoms with Gasteiger partial charge in [0.25, 0.3) is 0 Å². The van der Waals surface area contributed by atoms with Gasteiger partial charge in [0.2, 0.25) is 0 Å². The van der Waals surface area contributed by atoms with Crippen LogP contribution in [0.25, 0.3) is 0 Å². The van der Waals surface area contributed by atoms with E-state index >= 15 is 0 Å². The molecule has 52 heavy (non-hydrogen) atoms. The first-order chi connectivity index (χ1) is 24.8. The van der Waals surface area contributed by atoms with Crippen LogP contribution in [0.3, 0.4) is 0 Å². The van der Waals surface area contributed by atoms with E-state index in [4.69, 9.17) is 39.3 Å². The van der Waals surface area contributed by atoms with E-state index < -0.39 is 40.1 Å². The molecule has 0 aromatic rings. The van der Waals surface area contributed by atoms with Crippen molar-refractivity contribution in [1.29, 1.82) is 0 Å². The molecule has 0 saturated heterocycles. The molecule has 0 aliphatic heterocycles. The van der Waals surface area contributed by atoms with Gasteiger partial charge in [-0.05, 0) is 33.6 Å². The molecule has 0 rings (SSSR count). The summed E-state index contributed by atoms with van der Waals surface area (Å²) in [4.78, 5) is 2.22. The Morgan fingerprint density at radius 2 is 0.923 bits per heavy atom. The highest BCUT2D eigenvalue weighted by molar-refractivity contribution is 8.22. The maximum absolute atomic E-state index is 10.6. The van der Waals surface area contributed by atoms with Gasteiger partial charge in [-0.2, -0.15) is 0 Å². The Labute approximate surface area is 318 Å². The molecule has 0 aliphatic rings. The molecule has 318 valence electrons. The lowest BCUT2D eigenvalue weighted by Gasteiger charge is -2.33. The second-order valence-corrected chi connectivity index (χ2v) is 18.0. The number of hydrogen-bond donors (Lipinski definition) is 7. The van der Waals surface area contributed by atoms with Gasteiger partial charge in [0.15, 0.2) is 0 Å². The standard InChI is InChI=1S/C33H77N5O12S2/c1-33(2,3)50-29-32(41)26-38(18-16-34-12-14-36-24-30(39)27-48-20-10-22-51(42-4,43-5)44-6)19-17-35-13-15-37-25-31(40)28-49-21-11-23-52(45-7,46-8)47-9/h30-32,34-37,39-41H,10-29H2,1-9H3. The predicted molar refractivity (Wildman–Crippen MR) is 209 cm³/mol. The van der Waals surface area contributed by atoms with Crippen LogP contribution in [0, 0.1) is 0 Å². The van der Waals surface area contributed by atoms with Crippen molar-refractivity contribution in [2.75, 3.05) is 159 Å². The van der Waals surface area contributed by atoms with Gasteiger partial charge in [0.05, 0.1) is 108 Å². The Bertz CT molecular complexity index is 738. The molecule has 0 saturated carbocycles. The number of nitrogens with zero attached hydrogens (tertiary/aromatic N) is 1. The summed E-state index contributed by atoms with van der Waals surface area (Å²) in [5.41, 5.74) is -0.313. The van der Waals surface area contributed by atoms with Crippen LogP contribution in [-0.4, -0.2) is 203 Å². The highest BCUT2D eigenvalue weighted by Gasteiger charge is 2.23. The molecule has 0 spiro atoms. The first kappa shape index (κ1) is 52.0. The lowest BCUT2D eigenvalue weighted by molar-refractivity contribution is -0.0559. The van der Waals surface area contributed by atoms with Crippen molar-refractivity contribution in [3.05, 3.63) is 0 Å². The monoisotopic (exact) mass is 800 g/mol. The Morgan fingerprint density at radius 3 is 1.29 bits per heavy atom. The number of aliphatic hydroxyl groups excluding tert-OH is 3. The highest BCUT2D eigenvalue weighted by atomic mass is 32.3. The van der Waals surface area contributed by atoms with Crippen LogP contribution >= 0.6 is 21.7 Å². The van der Waals surface area contributed by atoms with Gasteiger partial charge < -0.3 is 50.8 Å². The fraction of sp³-hybridized carbons (Fsp3) is 1.00. The maximum atomic E-state index is 10.6. The first-order valence-corrected chi connectivity index (χ1v) is 21.3. The predicted octanol–water partition coefficient (Wildman–Crippen LogP) is 0.336. The minimum absolute atomic E-state index is 0.246. The molecule has 0 aromatic carbocycles. The van der Waals surface area contributed by atoms with Crippen LogP contribution in [0.15, 0.2) is 0 Å². The number of ether oxygens (including phenoxy) is 3. The van der Waals surface area contributed by atoms with Gasteiger partial charge in [0, 0.05) is 96.7 Å². The van der Waals surface area contributed by atoms with E-state index in [1.807, 2.05) is 20.8 Å². The highest BCUT2D eigenvalue weighted by Crippen LogP contribution is 2.50. The zero-order valence-electron chi connectivity index (χ0n) is 33.7. The third kappa shape index (κ3) is 27.6. The molecule has 17 nitrogen and oxygen atoms in total. The molecule has 7 N–H and O–H groups in total. The second-order valence-electron chi connectivity index (χ2n) is 13.0. The van der Waals surface area contributed by atoms with Gasteiger partial charge >= 0.3 is 0 Å². The molecule has 3 atom stereocenters. The van der Waals surface area contributed by atoms with E-state index in [1.54, 1.807) is 42.7 Å². The van der Waals surface area contributed by atoms with E-state index in [-0.39, 0.29) is 25.4 Å². The van der Waals surface area contributed by atoms with Crippen molar-refractivity contribution >= 4 is 21.7 Å². The van der Waals surface area contributed by atoms with Crippen LogP contribution in [0.2, 0.25) is 0 Å². The molecule has 0 radical (unpaired) electrons. The third-order valence-electron chi connectivity index (χ3n) is 7.61. The van der Waals surface area contributed by atoms with Crippen molar-refractivity contribution in [1.82, 2.24) is 26.2 Å². The smallest absolute Gasteiger partial charge is 0.0900 e. The fourth-order valence-electron chi connectivity index (χ4n) is 4.75. The lowest BCUT2D eigenvalue weighted by Crippen LogP contribution is -2.44. The average Bonchev–Trinajstić information content (AvgIpc) is 3.13. The molecule has 19 heteroatoms. The van der Waals surface area contributed by atoms with E-state index in [0.29, 0.717) is 70.3 Å². The second kappa shape index (κ2) is 32.1. The topological polar surface area (TPSA) is 195 Å². The summed E-state index contributed by atoms with van der Waals surface area (Å²) in [6, 6.07) is 0. The van der Waals surface area contributed by atoms with E-state index in [9.17, 15) is 15.3 Å². The van der Waals surface area contributed by atoms with Gasteiger partial charge in [-0.3, -0.25) is 30.0 Å². The molecule has 0 bridgehead atoms. The average molecular weight is 800 g/mol. The van der Waals surface area contributed by atoms with Crippen LogP contribution in [0.5, 0.6) is 0 Å². The van der Waals surface area contributed by atoms with Crippen LogP contribution in [0.1, 0.15) is 33.6 Å². The normalized spacial score (nSPS) is 15.3. The van der Waals surface area contributed by atoms with Crippen molar-refractivity contribution in [2.24, 2.45) is 0 Å². The number of hydrogen-bond acceptors (Lipinski definition) is 17. The minimum Gasteiger partial charge on any atom is -0.389 e.